The highest BCUT2D eigenvalue weighted by Gasteiger charge is 2.21. The SMILES string of the molecule is CCOC(=O)[C@H](C#N)NC(=O)c1ccncc1. The summed E-state index contributed by atoms with van der Waals surface area (Å²) < 4.78 is 4.64. The lowest BCUT2D eigenvalue weighted by atomic mass is 10.2. The maximum atomic E-state index is 11.6. The van der Waals surface area contributed by atoms with Crippen LogP contribution < -0.4 is 5.32 Å². The molecule has 0 fully saturated rings. The molecule has 0 aliphatic carbocycles. The van der Waals surface area contributed by atoms with Crippen molar-refractivity contribution in [1.29, 1.82) is 5.26 Å². The fraction of sp³-hybridized carbons (Fsp3) is 0.273. The topological polar surface area (TPSA) is 92.1 Å². The summed E-state index contributed by atoms with van der Waals surface area (Å²) in [7, 11) is 0. The summed E-state index contributed by atoms with van der Waals surface area (Å²) in [5, 5.41) is 11.0. The van der Waals surface area contributed by atoms with Gasteiger partial charge in [0.2, 0.25) is 6.04 Å². The Labute approximate surface area is 98.2 Å². The second kappa shape index (κ2) is 6.23. The van der Waals surface area contributed by atoms with E-state index in [1.807, 2.05) is 0 Å². The van der Waals surface area contributed by atoms with Crippen molar-refractivity contribution < 1.29 is 14.3 Å². The summed E-state index contributed by atoms with van der Waals surface area (Å²) in [5.74, 6) is -1.29. The summed E-state index contributed by atoms with van der Waals surface area (Å²) in [6, 6.07) is 3.33. The van der Waals surface area contributed by atoms with Gasteiger partial charge >= 0.3 is 5.97 Å². The molecule has 0 unspecified atom stereocenters. The molecule has 17 heavy (non-hydrogen) atoms. The number of nitriles is 1. The van der Waals surface area contributed by atoms with Crippen LogP contribution in [0.15, 0.2) is 24.5 Å². The summed E-state index contributed by atoms with van der Waals surface area (Å²) in [6.07, 6.45) is 2.89. The maximum absolute atomic E-state index is 11.6. The number of hydrogen-bond acceptors (Lipinski definition) is 5. The molecule has 0 radical (unpaired) electrons. The van der Waals surface area contributed by atoms with Gasteiger partial charge in [-0.25, -0.2) is 4.79 Å². The largest absolute Gasteiger partial charge is 0.464 e. The molecular formula is C11H11N3O3. The second-order valence-corrected chi connectivity index (χ2v) is 3.02. The van der Waals surface area contributed by atoms with Crippen molar-refractivity contribution >= 4 is 11.9 Å². The van der Waals surface area contributed by atoms with E-state index < -0.39 is 17.9 Å². The number of hydrogen-bond donors (Lipinski definition) is 1. The Morgan fingerprint density at radius 1 is 1.53 bits per heavy atom. The molecule has 1 rings (SSSR count). The normalized spacial score (nSPS) is 11.1. The van der Waals surface area contributed by atoms with Gasteiger partial charge in [0.15, 0.2) is 0 Å². The smallest absolute Gasteiger partial charge is 0.343 e. The van der Waals surface area contributed by atoms with Crippen LogP contribution in [-0.4, -0.2) is 29.5 Å². The van der Waals surface area contributed by atoms with Gasteiger partial charge in [-0.3, -0.25) is 9.78 Å². The Morgan fingerprint density at radius 3 is 2.71 bits per heavy atom. The summed E-state index contributed by atoms with van der Waals surface area (Å²) in [5.41, 5.74) is 0.324. The van der Waals surface area contributed by atoms with Gasteiger partial charge in [0.25, 0.3) is 5.91 Å². The van der Waals surface area contributed by atoms with E-state index in [9.17, 15) is 9.59 Å². The van der Waals surface area contributed by atoms with Crippen LogP contribution in [0.4, 0.5) is 0 Å². The van der Waals surface area contributed by atoms with Gasteiger partial charge < -0.3 is 10.1 Å². The third-order valence-electron chi connectivity index (χ3n) is 1.87. The zero-order valence-electron chi connectivity index (χ0n) is 9.21. The molecule has 6 heteroatoms. The molecule has 0 aromatic carbocycles. The second-order valence-electron chi connectivity index (χ2n) is 3.02. The first-order valence-corrected chi connectivity index (χ1v) is 4.96. The summed E-state index contributed by atoms with van der Waals surface area (Å²) in [6.45, 7) is 1.78. The van der Waals surface area contributed by atoms with Gasteiger partial charge in [-0.05, 0) is 19.1 Å². The average molecular weight is 233 g/mol. The number of aromatic nitrogens is 1. The van der Waals surface area contributed by atoms with Crippen molar-refractivity contribution in [3.8, 4) is 6.07 Å². The highest BCUT2D eigenvalue weighted by Crippen LogP contribution is 1.97. The molecule has 6 nitrogen and oxygen atoms in total. The minimum Gasteiger partial charge on any atom is -0.464 e. The summed E-state index contributed by atoms with van der Waals surface area (Å²) in [4.78, 5) is 26.6. The van der Waals surface area contributed by atoms with E-state index in [1.165, 1.54) is 24.5 Å². The number of amides is 1. The minimum atomic E-state index is -1.30. The zero-order valence-corrected chi connectivity index (χ0v) is 9.21. The van der Waals surface area contributed by atoms with Crippen molar-refractivity contribution in [3.05, 3.63) is 30.1 Å². The third kappa shape index (κ3) is 3.57. The lowest BCUT2D eigenvalue weighted by Gasteiger charge is -2.10. The first kappa shape index (κ1) is 12.6. The number of esters is 1. The van der Waals surface area contributed by atoms with Gasteiger partial charge in [0.05, 0.1) is 12.7 Å². The van der Waals surface area contributed by atoms with E-state index >= 15 is 0 Å². The molecule has 0 aliphatic heterocycles. The fourth-order valence-electron chi connectivity index (χ4n) is 1.09. The lowest BCUT2D eigenvalue weighted by molar-refractivity contribution is -0.143. The van der Waals surface area contributed by atoms with E-state index in [4.69, 9.17) is 5.26 Å². The molecule has 1 aromatic heterocycles. The number of rotatable bonds is 4. The fourth-order valence-corrected chi connectivity index (χ4v) is 1.09. The van der Waals surface area contributed by atoms with Crippen molar-refractivity contribution in [2.75, 3.05) is 6.61 Å². The molecule has 1 N–H and O–H groups in total. The molecule has 1 atom stereocenters. The predicted molar refractivity (Wildman–Crippen MR) is 57.7 cm³/mol. The monoisotopic (exact) mass is 233 g/mol. The van der Waals surface area contributed by atoms with Crippen molar-refractivity contribution in [2.24, 2.45) is 0 Å². The van der Waals surface area contributed by atoms with Crippen LogP contribution in [0.5, 0.6) is 0 Å². The highest BCUT2D eigenvalue weighted by atomic mass is 16.5. The molecule has 0 aliphatic rings. The van der Waals surface area contributed by atoms with E-state index in [2.05, 4.69) is 15.0 Å². The molecule has 0 saturated carbocycles. The zero-order chi connectivity index (χ0) is 12.7. The predicted octanol–water partition coefficient (Wildman–Crippen LogP) is 0.267. The van der Waals surface area contributed by atoms with Crippen LogP contribution in [0, 0.1) is 11.3 Å². The van der Waals surface area contributed by atoms with Crippen LogP contribution >= 0.6 is 0 Å². The Bertz CT molecular complexity index is 439. The molecule has 1 heterocycles. The minimum absolute atomic E-state index is 0.155. The van der Waals surface area contributed by atoms with Crippen LogP contribution in [0.1, 0.15) is 17.3 Å². The lowest BCUT2D eigenvalue weighted by Crippen LogP contribution is -2.40. The van der Waals surface area contributed by atoms with Crippen LogP contribution in [0.2, 0.25) is 0 Å². The Morgan fingerprint density at radius 2 is 2.18 bits per heavy atom. The molecule has 1 aromatic rings. The molecule has 0 bridgehead atoms. The van der Waals surface area contributed by atoms with Crippen LogP contribution in [-0.2, 0) is 9.53 Å². The number of nitrogens with zero attached hydrogens (tertiary/aromatic N) is 2. The molecule has 0 spiro atoms. The van der Waals surface area contributed by atoms with Crippen LogP contribution in [0.25, 0.3) is 0 Å². The van der Waals surface area contributed by atoms with Gasteiger partial charge in [-0.1, -0.05) is 0 Å². The van der Waals surface area contributed by atoms with E-state index in [-0.39, 0.29) is 6.61 Å². The van der Waals surface area contributed by atoms with Gasteiger partial charge in [-0.15, -0.1) is 0 Å². The number of nitrogens with one attached hydrogen (secondary N) is 1. The first-order valence-electron chi connectivity index (χ1n) is 4.96. The third-order valence-corrected chi connectivity index (χ3v) is 1.87. The van der Waals surface area contributed by atoms with E-state index in [0.717, 1.165) is 0 Å². The van der Waals surface area contributed by atoms with Crippen LogP contribution in [0.3, 0.4) is 0 Å². The van der Waals surface area contributed by atoms with E-state index in [1.54, 1.807) is 13.0 Å². The number of ether oxygens (including phenoxy) is 1. The standard InChI is InChI=1S/C11H11N3O3/c1-2-17-11(16)9(7-12)14-10(15)8-3-5-13-6-4-8/h3-6,9H,2H2,1H3,(H,14,15)/t9-/m0/s1. The Balaban J connectivity index is 2.67. The first-order chi connectivity index (χ1) is 8.19. The average Bonchev–Trinajstić information content (AvgIpc) is 2.37. The molecule has 0 saturated heterocycles. The Hall–Kier alpha value is -2.42. The van der Waals surface area contributed by atoms with Gasteiger partial charge in [0.1, 0.15) is 0 Å². The quantitative estimate of drug-likeness (QED) is 0.753. The Kier molecular flexibility index (Phi) is 4.63. The number of pyridine rings is 1. The molecule has 1 amide bonds. The van der Waals surface area contributed by atoms with Gasteiger partial charge in [0, 0.05) is 18.0 Å². The van der Waals surface area contributed by atoms with Crippen molar-refractivity contribution in [3.63, 3.8) is 0 Å². The maximum Gasteiger partial charge on any atom is 0.343 e. The van der Waals surface area contributed by atoms with E-state index in [0.29, 0.717) is 5.56 Å². The van der Waals surface area contributed by atoms with Crippen molar-refractivity contribution in [1.82, 2.24) is 10.3 Å². The van der Waals surface area contributed by atoms with Gasteiger partial charge in [-0.2, -0.15) is 5.26 Å². The molecule has 88 valence electrons. The molecular weight excluding hydrogens is 222 g/mol. The number of carbonyl (C=O) groups excluding carboxylic acids is 2. The summed E-state index contributed by atoms with van der Waals surface area (Å²) >= 11 is 0. The van der Waals surface area contributed by atoms with Crippen molar-refractivity contribution in [2.45, 2.75) is 13.0 Å². The highest BCUT2D eigenvalue weighted by molar-refractivity contribution is 5.97. The number of carbonyl (C=O) groups is 2.